The van der Waals surface area contributed by atoms with Gasteiger partial charge in [0.25, 0.3) is 0 Å². The van der Waals surface area contributed by atoms with Gasteiger partial charge in [0, 0.05) is 11.4 Å². The Hall–Kier alpha value is -1.21. The Balaban J connectivity index is 2.11. The minimum Gasteiger partial charge on any atom is -0.392 e. The molecule has 0 fully saturated rings. The average molecular weight is 297 g/mol. The monoisotopic (exact) mass is 297 g/mol. The first-order valence-corrected chi connectivity index (χ1v) is 8.11. The summed E-state index contributed by atoms with van der Waals surface area (Å²) in [5, 5.41) is 10.9. The van der Waals surface area contributed by atoms with Crippen molar-refractivity contribution in [3.05, 3.63) is 51.7 Å². The number of benzene rings is 1. The zero-order valence-electron chi connectivity index (χ0n) is 10.5. The van der Waals surface area contributed by atoms with Crippen molar-refractivity contribution < 1.29 is 13.5 Å². The minimum absolute atomic E-state index is 0.0951. The summed E-state index contributed by atoms with van der Waals surface area (Å²) in [5.41, 5.74) is 1.77. The molecule has 0 amide bonds. The normalized spacial score (nSPS) is 11.7. The van der Waals surface area contributed by atoms with Crippen LogP contribution in [-0.4, -0.2) is 13.5 Å². The molecule has 0 aliphatic carbocycles. The van der Waals surface area contributed by atoms with E-state index in [4.69, 9.17) is 5.11 Å². The van der Waals surface area contributed by atoms with Crippen molar-refractivity contribution in [2.24, 2.45) is 0 Å². The van der Waals surface area contributed by atoms with E-state index in [1.165, 1.54) is 23.5 Å². The number of aryl methyl sites for hydroxylation is 1. The van der Waals surface area contributed by atoms with Gasteiger partial charge in [-0.25, -0.2) is 13.1 Å². The molecule has 1 heterocycles. The van der Waals surface area contributed by atoms with E-state index in [0.717, 1.165) is 10.4 Å². The van der Waals surface area contributed by atoms with Gasteiger partial charge in [0.05, 0.1) is 11.5 Å². The Morgan fingerprint density at radius 1 is 1.21 bits per heavy atom. The SMILES string of the molecule is Cc1ccsc1CNS(=O)(=O)c1ccc(CO)cc1. The van der Waals surface area contributed by atoms with E-state index in [-0.39, 0.29) is 11.5 Å². The van der Waals surface area contributed by atoms with Crippen molar-refractivity contribution in [1.82, 2.24) is 4.72 Å². The van der Waals surface area contributed by atoms with Gasteiger partial charge in [-0.05, 0) is 41.6 Å². The third-order valence-electron chi connectivity index (χ3n) is 2.81. The van der Waals surface area contributed by atoms with Crippen molar-refractivity contribution in [2.75, 3.05) is 0 Å². The fourth-order valence-corrected chi connectivity index (χ4v) is 3.54. The molecule has 1 aromatic carbocycles. The first-order chi connectivity index (χ1) is 9.03. The molecule has 2 rings (SSSR count). The van der Waals surface area contributed by atoms with Crippen molar-refractivity contribution >= 4 is 21.4 Å². The van der Waals surface area contributed by atoms with Crippen LogP contribution < -0.4 is 4.72 Å². The van der Waals surface area contributed by atoms with Crippen molar-refractivity contribution in [1.29, 1.82) is 0 Å². The van der Waals surface area contributed by atoms with Crippen molar-refractivity contribution in [2.45, 2.75) is 25.0 Å². The Labute approximate surface area is 116 Å². The molecule has 102 valence electrons. The largest absolute Gasteiger partial charge is 0.392 e. The van der Waals surface area contributed by atoms with Crippen LogP contribution in [0, 0.1) is 6.92 Å². The molecule has 0 aliphatic rings. The quantitative estimate of drug-likeness (QED) is 0.887. The molecule has 6 heteroatoms. The summed E-state index contributed by atoms with van der Waals surface area (Å²) in [4.78, 5) is 1.22. The Bertz CT molecular complexity index is 645. The van der Waals surface area contributed by atoms with Crippen molar-refractivity contribution in [3.63, 3.8) is 0 Å². The average Bonchev–Trinajstić information content (AvgIpc) is 2.82. The van der Waals surface area contributed by atoms with Gasteiger partial charge < -0.3 is 5.11 Å². The van der Waals surface area contributed by atoms with E-state index in [2.05, 4.69) is 4.72 Å². The number of aliphatic hydroxyl groups excluding tert-OH is 1. The van der Waals surface area contributed by atoms with Crippen LogP contribution in [0.4, 0.5) is 0 Å². The van der Waals surface area contributed by atoms with Gasteiger partial charge >= 0.3 is 0 Å². The number of thiophene rings is 1. The van der Waals surface area contributed by atoms with Crippen LogP contribution in [0.3, 0.4) is 0 Å². The van der Waals surface area contributed by atoms with E-state index in [1.54, 1.807) is 12.1 Å². The Morgan fingerprint density at radius 3 is 2.42 bits per heavy atom. The lowest BCUT2D eigenvalue weighted by molar-refractivity contribution is 0.282. The highest BCUT2D eigenvalue weighted by atomic mass is 32.2. The molecule has 2 aromatic rings. The molecule has 0 bridgehead atoms. The zero-order valence-corrected chi connectivity index (χ0v) is 12.1. The molecule has 0 spiro atoms. The predicted molar refractivity (Wildman–Crippen MR) is 75.4 cm³/mol. The standard InChI is InChI=1S/C13H15NO3S2/c1-10-6-7-18-13(10)8-14-19(16,17)12-4-2-11(9-15)3-5-12/h2-7,14-15H,8-9H2,1H3. The Morgan fingerprint density at radius 2 is 1.89 bits per heavy atom. The molecular weight excluding hydrogens is 282 g/mol. The second-order valence-electron chi connectivity index (χ2n) is 4.15. The summed E-state index contributed by atoms with van der Waals surface area (Å²) in [7, 11) is -3.50. The summed E-state index contributed by atoms with van der Waals surface area (Å²) >= 11 is 1.53. The molecule has 0 atom stereocenters. The van der Waals surface area contributed by atoms with E-state index >= 15 is 0 Å². The predicted octanol–water partition coefficient (Wildman–Crippen LogP) is 2.03. The first kappa shape index (κ1) is 14.2. The Kier molecular flexibility index (Phi) is 4.36. The van der Waals surface area contributed by atoms with E-state index in [0.29, 0.717) is 12.1 Å². The molecule has 0 saturated heterocycles. The number of rotatable bonds is 5. The summed E-state index contributed by atoms with van der Waals surface area (Å²) in [6.45, 7) is 2.16. The van der Waals surface area contributed by atoms with Crippen molar-refractivity contribution in [3.8, 4) is 0 Å². The molecule has 1 aromatic heterocycles. The van der Waals surface area contributed by atoms with Crippen LogP contribution in [0.2, 0.25) is 0 Å². The maximum atomic E-state index is 12.1. The highest BCUT2D eigenvalue weighted by molar-refractivity contribution is 7.89. The van der Waals surface area contributed by atoms with Crippen LogP contribution in [0.5, 0.6) is 0 Å². The van der Waals surface area contributed by atoms with Crippen LogP contribution in [0.15, 0.2) is 40.6 Å². The van der Waals surface area contributed by atoms with Crippen LogP contribution >= 0.6 is 11.3 Å². The third-order valence-corrected chi connectivity index (χ3v) is 5.25. The number of aliphatic hydroxyl groups is 1. The fourth-order valence-electron chi connectivity index (χ4n) is 1.60. The molecule has 0 aliphatic heterocycles. The van der Waals surface area contributed by atoms with Gasteiger partial charge in [0.15, 0.2) is 0 Å². The van der Waals surface area contributed by atoms with Gasteiger partial charge in [0.2, 0.25) is 10.0 Å². The number of hydrogen-bond donors (Lipinski definition) is 2. The number of nitrogens with one attached hydrogen (secondary N) is 1. The van der Waals surface area contributed by atoms with Crippen LogP contribution in [0.1, 0.15) is 16.0 Å². The smallest absolute Gasteiger partial charge is 0.240 e. The molecule has 4 nitrogen and oxygen atoms in total. The molecule has 19 heavy (non-hydrogen) atoms. The van der Waals surface area contributed by atoms with Gasteiger partial charge in [-0.3, -0.25) is 0 Å². The lowest BCUT2D eigenvalue weighted by atomic mass is 10.2. The minimum atomic E-state index is -3.50. The summed E-state index contributed by atoms with van der Waals surface area (Å²) in [6, 6.07) is 8.16. The maximum Gasteiger partial charge on any atom is 0.240 e. The molecule has 0 unspecified atom stereocenters. The summed E-state index contributed by atoms with van der Waals surface area (Å²) in [5.74, 6) is 0. The second-order valence-corrected chi connectivity index (χ2v) is 6.92. The van der Waals surface area contributed by atoms with Gasteiger partial charge in [-0.2, -0.15) is 0 Å². The first-order valence-electron chi connectivity index (χ1n) is 5.75. The maximum absolute atomic E-state index is 12.1. The highest BCUT2D eigenvalue weighted by Gasteiger charge is 2.14. The molecular formula is C13H15NO3S2. The highest BCUT2D eigenvalue weighted by Crippen LogP contribution is 2.17. The fraction of sp³-hybridized carbons (Fsp3) is 0.231. The van der Waals surface area contributed by atoms with Crippen LogP contribution in [0.25, 0.3) is 0 Å². The van der Waals surface area contributed by atoms with Crippen LogP contribution in [-0.2, 0) is 23.2 Å². The number of sulfonamides is 1. The molecule has 0 saturated carbocycles. The molecule has 2 N–H and O–H groups in total. The second kappa shape index (κ2) is 5.83. The van der Waals surface area contributed by atoms with Gasteiger partial charge in [-0.15, -0.1) is 11.3 Å². The summed E-state index contributed by atoms with van der Waals surface area (Å²) in [6.07, 6.45) is 0. The number of hydrogen-bond acceptors (Lipinski definition) is 4. The molecule has 0 radical (unpaired) electrons. The topological polar surface area (TPSA) is 66.4 Å². The van der Waals surface area contributed by atoms with E-state index < -0.39 is 10.0 Å². The third kappa shape index (κ3) is 3.42. The lowest BCUT2D eigenvalue weighted by Gasteiger charge is -2.07. The zero-order chi connectivity index (χ0) is 13.9. The lowest BCUT2D eigenvalue weighted by Crippen LogP contribution is -2.23. The summed E-state index contributed by atoms with van der Waals surface area (Å²) < 4.78 is 26.7. The van der Waals surface area contributed by atoms with Gasteiger partial charge in [-0.1, -0.05) is 12.1 Å². The van der Waals surface area contributed by atoms with Gasteiger partial charge in [0.1, 0.15) is 0 Å². The van der Waals surface area contributed by atoms with E-state index in [1.807, 2.05) is 18.4 Å². The van der Waals surface area contributed by atoms with E-state index in [9.17, 15) is 8.42 Å².